The highest BCUT2D eigenvalue weighted by molar-refractivity contribution is 5.71. The third-order valence-corrected chi connectivity index (χ3v) is 2.56. The lowest BCUT2D eigenvalue weighted by Gasteiger charge is -2.24. The molecule has 0 spiro atoms. The highest BCUT2D eigenvalue weighted by Crippen LogP contribution is 2.22. The number of hydrogen-bond acceptors (Lipinski definition) is 5. The van der Waals surface area contributed by atoms with Crippen LogP contribution in [-0.4, -0.2) is 24.8 Å². The molecule has 0 fully saturated rings. The molecule has 0 saturated heterocycles. The first-order valence-electron chi connectivity index (χ1n) is 6.54. The minimum atomic E-state index is -1.26. The molecule has 21 heavy (non-hydrogen) atoms. The average Bonchev–Trinajstić information content (AvgIpc) is 2.35. The fourth-order valence-corrected chi connectivity index (χ4v) is 1.73. The maximum Gasteiger partial charge on any atom is 0.408 e. The molecule has 116 valence electrons. The van der Waals surface area contributed by atoms with Crippen LogP contribution >= 0.6 is 0 Å². The molecule has 0 radical (unpaired) electrons. The number of aliphatic carboxylic acids is 1. The van der Waals surface area contributed by atoms with Crippen LogP contribution in [0.15, 0.2) is 24.3 Å². The molecule has 0 aliphatic rings. The first kappa shape index (κ1) is 16.8. The summed E-state index contributed by atoms with van der Waals surface area (Å²) in [6.07, 6.45) is -1.04. The van der Waals surface area contributed by atoms with Crippen LogP contribution in [0.1, 0.15) is 38.8 Å². The fraction of sp³-hybridized carbons (Fsp3) is 0.467. The Morgan fingerprint density at radius 1 is 1.33 bits per heavy atom. The van der Waals surface area contributed by atoms with Crippen LogP contribution in [0, 0.1) is 0 Å². The van der Waals surface area contributed by atoms with Crippen molar-refractivity contribution >= 4 is 12.1 Å². The van der Waals surface area contributed by atoms with Gasteiger partial charge in [-0.05, 0) is 38.5 Å². The molecule has 6 heteroatoms. The lowest BCUT2D eigenvalue weighted by atomic mass is 10.0. The molecule has 0 heterocycles. The quantitative estimate of drug-likeness (QED) is 0.887. The monoisotopic (exact) mass is 294 g/mol. The lowest BCUT2D eigenvalue weighted by Crippen LogP contribution is -2.37. The average molecular weight is 294 g/mol. The molecule has 0 saturated carbocycles. The van der Waals surface area contributed by atoms with Crippen LogP contribution in [0.3, 0.4) is 0 Å². The smallest absolute Gasteiger partial charge is 0.408 e. The maximum absolute atomic E-state index is 11.8. The van der Waals surface area contributed by atoms with Crippen LogP contribution in [0.4, 0.5) is 4.79 Å². The molecule has 1 aromatic carbocycles. The van der Waals surface area contributed by atoms with E-state index < -0.39 is 23.7 Å². The number of hydrogen-bond donors (Lipinski definition) is 1. The zero-order chi connectivity index (χ0) is 16.0. The summed E-state index contributed by atoms with van der Waals surface area (Å²) in [5.41, 5.74) is -0.0609. The Bertz CT molecular complexity index is 507. The maximum atomic E-state index is 11.8. The molecule has 0 aromatic heterocycles. The first-order chi connectivity index (χ1) is 9.71. The minimum Gasteiger partial charge on any atom is -0.550 e. The van der Waals surface area contributed by atoms with Gasteiger partial charge in [0.25, 0.3) is 0 Å². The normalized spacial score (nSPS) is 12.4. The number of carboxylic acid groups (broad SMARTS) is 1. The van der Waals surface area contributed by atoms with Crippen molar-refractivity contribution in [2.24, 2.45) is 0 Å². The number of rotatable bonds is 5. The minimum absolute atomic E-state index is 0.355. The van der Waals surface area contributed by atoms with Gasteiger partial charge in [0.2, 0.25) is 0 Å². The van der Waals surface area contributed by atoms with E-state index in [2.05, 4.69) is 5.32 Å². The van der Waals surface area contributed by atoms with Gasteiger partial charge >= 0.3 is 6.09 Å². The Balaban J connectivity index is 2.89. The van der Waals surface area contributed by atoms with E-state index >= 15 is 0 Å². The molecular weight excluding hydrogens is 274 g/mol. The van der Waals surface area contributed by atoms with Crippen LogP contribution < -0.4 is 15.2 Å². The zero-order valence-corrected chi connectivity index (χ0v) is 12.6. The number of carbonyl (C=O) groups is 2. The van der Waals surface area contributed by atoms with Crippen molar-refractivity contribution in [1.82, 2.24) is 5.32 Å². The Morgan fingerprint density at radius 2 is 2.00 bits per heavy atom. The third kappa shape index (κ3) is 6.16. The van der Waals surface area contributed by atoms with Crippen molar-refractivity contribution in [2.75, 3.05) is 7.11 Å². The van der Waals surface area contributed by atoms with Gasteiger partial charge in [-0.2, -0.15) is 0 Å². The van der Waals surface area contributed by atoms with Crippen LogP contribution in [-0.2, 0) is 9.53 Å². The molecule has 1 atom stereocenters. The second-order valence-electron chi connectivity index (χ2n) is 5.55. The topological polar surface area (TPSA) is 87.7 Å². The van der Waals surface area contributed by atoms with E-state index in [1.807, 2.05) is 0 Å². The predicted octanol–water partition coefficient (Wildman–Crippen LogP) is 1.40. The molecule has 6 nitrogen and oxygen atoms in total. The summed E-state index contributed by atoms with van der Waals surface area (Å²) in [6.45, 7) is 5.18. The van der Waals surface area contributed by atoms with Gasteiger partial charge in [-0.1, -0.05) is 12.1 Å². The van der Waals surface area contributed by atoms with Crippen molar-refractivity contribution in [3.63, 3.8) is 0 Å². The van der Waals surface area contributed by atoms with Gasteiger partial charge in [-0.25, -0.2) is 4.79 Å². The van der Waals surface area contributed by atoms with E-state index in [9.17, 15) is 14.7 Å². The number of carbonyl (C=O) groups excluding carboxylic acids is 2. The van der Waals surface area contributed by atoms with Gasteiger partial charge in [-0.15, -0.1) is 0 Å². The van der Waals surface area contributed by atoms with Crippen LogP contribution in [0.25, 0.3) is 0 Å². The highest BCUT2D eigenvalue weighted by atomic mass is 16.6. The zero-order valence-electron chi connectivity index (χ0n) is 12.6. The third-order valence-electron chi connectivity index (χ3n) is 2.56. The second kappa shape index (κ2) is 6.97. The molecule has 0 unspecified atom stereocenters. The van der Waals surface area contributed by atoms with Gasteiger partial charge in [-0.3, -0.25) is 0 Å². The summed E-state index contributed by atoms with van der Waals surface area (Å²) in [7, 11) is 1.51. The summed E-state index contributed by atoms with van der Waals surface area (Å²) in [5.74, 6) is -0.694. The summed E-state index contributed by atoms with van der Waals surface area (Å²) >= 11 is 0. The second-order valence-corrected chi connectivity index (χ2v) is 5.55. The van der Waals surface area contributed by atoms with Crippen molar-refractivity contribution in [1.29, 1.82) is 0 Å². The number of amides is 1. The SMILES string of the molecule is COc1cccc([C@@H](CC(=O)[O-])NC(=O)OC(C)(C)C)c1. The van der Waals surface area contributed by atoms with Gasteiger partial charge in [0, 0.05) is 12.4 Å². The Hall–Kier alpha value is -2.24. The molecule has 1 amide bonds. The number of alkyl carbamates (subject to hydrolysis) is 1. The number of ether oxygens (including phenoxy) is 2. The van der Waals surface area contributed by atoms with E-state index in [0.717, 1.165) is 0 Å². The summed E-state index contributed by atoms with van der Waals surface area (Å²) < 4.78 is 10.2. The van der Waals surface area contributed by atoms with E-state index in [0.29, 0.717) is 11.3 Å². The van der Waals surface area contributed by atoms with E-state index in [4.69, 9.17) is 9.47 Å². The van der Waals surface area contributed by atoms with Crippen molar-refractivity contribution in [3.8, 4) is 5.75 Å². The molecule has 0 aliphatic carbocycles. The van der Waals surface area contributed by atoms with E-state index in [1.54, 1.807) is 45.0 Å². The van der Waals surface area contributed by atoms with Crippen LogP contribution in [0.2, 0.25) is 0 Å². The fourth-order valence-electron chi connectivity index (χ4n) is 1.73. The lowest BCUT2D eigenvalue weighted by molar-refractivity contribution is -0.306. The molecule has 1 N–H and O–H groups in total. The Kier molecular flexibility index (Phi) is 5.58. The largest absolute Gasteiger partial charge is 0.550 e. The van der Waals surface area contributed by atoms with Gasteiger partial charge in [0.05, 0.1) is 13.2 Å². The summed E-state index contributed by atoms with van der Waals surface area (Å²) in [4.78, 5) is 22.7. The summed E-state index contributed by atoms with van der Waals surface area (Å²) in [6, 6.07) is 6.05. The molecule has 0 aliphatic heterocycles. The predicted molar refractivity (Wildman–Crippen MR) is 74.7 cm³/mol. The molecular formula is C15H20NO5-. The number of methoxy groups -OCH3 is 1. The molecule has 0 bridgehead atoms. The summed E-state index contributed by atoms with van der Waals surface area (Å²) in [5, 5.41) is 13.4. The first-order valence-corrected chi connectivity index (χ1v) is 6.54. The standard InChI is InChI=1S/C15H21NO5/c1-15(2,3)21-14(19)16-12(9-13(17)18)10-6-5-7-11(8-10)20-4/h5-8,12H,9H2,1-4H3,(H,16,19)(H,17,18)/p-1/t12-/m1/s1. The van der Waals surface area contributed by atoms with Gasteiger partial charge in [0.1, 0.15) is 11.4 Å². The number of benzene rings is 1. The van der Waals surface area contributed by atoms with Crippen molar-refractivity contribution in [3.05, 3.63) is 29.8 Å². The van der Waals surface area contributed by atoms with Crippen molar-refractivity contribution < 1.29 is 24.2 Å². The van der Waals surface area contributed by atoms with Gasteiger partial charge in [0.15, 0.2) is 0 Å². The van der Waals surface area contributed by atoms with Gasteiger partial charge < -0.3 is 24.7 Å². The number of carboxylic acids is 1. The Labute approximate surface area is 124 Å². The van der Waals surface area contributed by atoms with Crippen molar-refractivity contribution in [2.45, 2.75) is 38.8 Å². The van der Waals surface area contributed by atoms with E-state index in [-0.39, 0.29) is 6.42 Å². The Morgan fingerprint density at radius 3 is 2.52 bits per heavy atom. The molecule has 1 aromatic rings. The molecule has 1 rings (SSSR count). The number of nitrogens with one attached hydrogen (secondary N) is 1. The highest BCUT2D eigenvalue weighted by Gasteiger charge is 2.21. The van der Waals surface area contributed by atoms with E-state index in [1.165, 1.54) is 7.11 Å². The van der Waals surface area contributed by atoms with Crippen LogP contribution in [0.5, 0.6) is 5.75 Å².